The molecule has 0 atom stereocenters. The van der Waals surface area contributed by atoms with E-state index in [1.54, 1.807) is 23.5 Å². The molecule has 1 aromatic heterocycles. The van der Waals surface area contributed by atoms with Crippen LogP contribution in [-0.4, -0.2) is 12.2 Å². The van der Waals surface area contributed by atoms with Crippen LogP contribution in [0.15, 0.2) is 42.5 Å². The number of carbonyl (C=O) groups excluding carboxylic acids is 2. The van der Waals surface area contributed by atoms with Crippen LogP contribution in [0, 0.1) is 6.92 Å². The summed E-state index contributed by atoms with van der Waals surface area (Å²) in [5, 5.41) is 3.70. The number of thiophene rings is 1. The van der Waals surface area contributed by atoms with E-state index in [1.165, 1.54) is 4.70 Å². The van der Waals surface area contributed by atoms with Crippen LogP contribution in [0.2, 0.25) is 0 Å². The minimum absolute atomic E-state index is 0.255. The molecule has 0 fully saturated rings. The molecule has 110 valence electrons. The predicted octanol–water partition coefficient (Wildman–Crippen LogP) is 3.60. The third-order valence-corrected chi connectivity index (χ3v) is 4.60. The monoisotopic (exact) mass is 310 g/mol. The summed E-state index contributed by atoms with van der Waals surface area (Å²) in [6.45, 7) is 1.88. The molecule has 0 unspecified atom stereocenters. The van der Waals surface area contributed by atoms with Gasteiger partial charge in [-0.25, -0.2) is 0 Å². The normalized spacial score (nSPS) is 10.6. The molecular weight excluding hydrogens is 296 g/mol. The fourth-order valence-electron chi connectivity index (χ4n) is 2.36. The van der Waals surface area contributed by atoms with Crippen molar-refractivity contribution in [3.05, 3.63) is 48.0 Å². The van der Waals surface area contributed by atoms with Crippen molar-refractivity contribution in [2.45, 2.75) is 6.92 Å². The highest BCUT2D eigenvalue weighted by Gasteiger charge is 2.12. The fraction of sp³-hybridized carbons (Fsp3) is 0.0588. The van der Waals surface area contributed by atoms with E-state index in [0.29, 0.717) is 11.4 Å². The van der Waals surface area contributed by atoms with Crippen molar-refractivity contribution < 1.29 is 9.59 Å². The van der Waals surface area contributed by atoms with Crippen LogP contribution in [0.3, 0.4) is 0 Å². The van der Waals surface area contributed by atoms with Gasteiger partial charge in [0.05, 0.1) is 0 Å². The number of nitrogen functional groups attached to an aromatic ring is 1. The standard InChI is InChI=1S/C17H14N2O2S/c1-10-6-12(19-16(21)9-20)8-13(17(10)18)15-7-11-4-2-3-5-14(11)22-15/h2-9H,18H2,1H3,(H,19,21). The highest BCUT2D eigenvalue weighted by molar-refractivity contribution is 7.22. The molecule has 2 aromatic carbocycles. The summed E-state index contributed by atoms with van der Waals surface area (Å²) in [6, 6.07) is 13.7. The van der Waals surface area contributed by atoms with Gasteiger partial charge >= 0.3 is 0 Å². The summed E-state index contributed by atoms with van der Waals surface area (Å²) in [4.78, 5) is 22.8. The number of nitrogens with one attached hydrogen (secondary N) is 1. The molecule has 0 saturated heterocycles. The van der Waals surface area contributed by atoms with Crippen molar-refractivity contribution in [1.29, 1.82) is 0 Å². The largest absolute Gasteiger partial charge is 0.398 e. The first-order valence-electron chi connectivity index (χ1n) is 6.73. The minimum atomic E-state index is -0.675. The van der Waals surface area contributed by atoms with E-state index in [4.69, 9.17) is 5.73 Å². The van der Waals surface area contributed by atoms with E-state index in [2.05, 4.69) is 23.5 Å². The first-order valence-corrected chi connectivity index (χ1v) is 7.55. The average Bonchev–Trinajstić information content (AvgIpc) is 2.94. The van der Waals surface area contributed by atoms with Crippen molar-refractivity contribution in [1.82, 2.24) is 0 Å². The molecule has 1 heterocycles. The summed E-state index contributed by atoms with van der Waals surface area (Å²) in [5.41, 5.74) is 9.16. The summed E-state index contributed by atoms with van der Waals surface area (Å²) in [7, 11) is 0. The lowest BCUT2D eigenvalue weighted by molar-refractivity contribution is -0.127. The molecule has 0 saturated carbocycles. The summed E-state index contributed by atoms with van der Waals surface area (Å²) < 4.78 is 1.18. The molecule has 1 amide bonds. The Hall–Kier alpha value is -2.66. The van der Waals surface area contributed by atoms with Gasteiger partial charge in [0.25, 0.3) is 5.91 Å². The zero-order chi connectivity index (χ0) is 15.7. The van der Waals surface area contributed by atoms with Crippen LogP contribution >= 0.6 is 11.3 Å². The molecule has 5 heteroatoms. The summed E-state index contributed by atoms with van der Waals surface area (Å²) in [5.74, 6) is -0.675. The molecule has 4 nitrogen and oxygen atoms in total. The number of anilines is 2. The zero-order valence-electron chi connectivity index (χ0n) is 11.9. The number of fused-ring (bicyclic) bond motifs is 1. The second-order valence-corrected chi connectivity index (χ2v) is 6.09. The quantitative estimate of drug-likeness (QED) is 0.441. The first kappa shape index (κ1) is 14.3. The molecule has 3 rings (SSSR count). The molecular formula is C17H14N2O2S. The highest BCUT2D eigenvalue weighted by atomic mass is 32.1. The van der Waals surface area contributed by atoms with E-state index in [1.807, 2.05) is 19.1 Å². The molecule has 0 spiro atoms. The van der Waals surface area contributed by atoms with Crippen molar-refractivity contribution in [3.63, 3.8) is 0 Å². The Morgan fingerprint density at radius 3 is 2.73 bits per heavy atom. The maximum Gasteiger partial charge on any atom is 0.288 e. The lowest BCUT2D eigenvalue weighted by atomic mass is 10.0. The second-order valence-electron chi connectivity index (χ2n) is 5.01. The Morgan fingerprint density at radius 1 is 1.23 bits per heavy atom. The number of benzene rings is 2. The van der Waals surface area contributed by atoms with Crippen molar-refractivity contribution in [2.75, 3.05) is 11.1 Å². The van der Waals surface area contributed by atoms with Gasteiger partial charge in [0.1, 0.15) is 0 Å². The van der Waals surface area contributed by atoms with Gasteiger partial charge in [0.2, 0.25) is 6.29 Å². The smallest absolute Gasteiger partial charge is 0.288 e. The average molecular weight is 310 g/mol. The van der Waals surface area contributed by atoms with E-state index in [0.717, 1.165) is 21.4 Å². The van der Waals surface area contributed by atoms with E-state index in [-0.39, 0.29) is 6.29 Å². The Kier molecular flexibility index (Phi) is 3.65. The number of aldehydes is 1. The fourth-order valence-corrected chi connectivity index (χ4v) is 3.45. The van der Waals surface area contributed by atoms with Gasteiger partial charge in [-0.1, -0.05) is 18.2 Å². The van der Waals surface area contributed by atoms with Crippen molar-refractivity contribution >= 4 is 45.0 Å². The number of carbonyl (C=O) groups is 2. The van der Waals surface area contributed by atoms with E-state index < -0.39 is 5.91 Å². The van der Waals surface area contributed by atoms with Gasteiger partial charge < -0.3 is 11.1 Å². The molecule has 0 aliphatic carbocycles. The highest BCUT2D eigenvalue weighted by Crippen LogP contribution is 2.38. The Morgan fingerprint density at radius 2 is 2.00 bits per heavy atom. The van der Waals surface area contributed by atoms with Crippen LogP contribution in [0.1, 0.15) is 5.56 Å². The maximum atomic E-state index is 11.3. The van der Waals surface area contributed by atoms with Gasteiger partial charge in [-0.2, -0.15) is 0 Å². The lowest BCUT2D eigenvalue weighted by Crippen LogP contribution is -2.12. The number of amides is 1. The summed E-state index contributed by atoms with van der Waals surface area (Å²) >= 11 is 1.64. The van der Waals surface area contributed by atoms with Crippen molar-refractivity contribution in [2.24, 2.45) is 0 Å². The molecule has 0 bridgehead atoms. The number of nitrogens with two attached hydrogens (primary N) is 1. The maximum absolute atomic E-state index is 11.3. The SMILES string of the molecule is Cc1cc(NC(=O)C=O)cc(-c2cc3ccccc3s2)c1N. The molecule has 22 heavy (non-hydrogen) atoms. The summed E-state index contributed by atoms with van der Waals surface area (Å²) in [6.07, 6.45) is 0.255. The van der Waals surface area contributed by atoms with Crippen LogP contribution in [0.5, 0.6) is 0 Å². The Balaban J connectivity index is 2.12. The number of rotatable bonds is 3. The van der Waals surface area contributed by atoms with Gasteiger partial charge in [0.15, 0.2) is 0 Å². The number of hydrogen-bond donors (Lipinski definition) is 2. The van der Waals surface area contributed by atoms with Crippen LogP contribution in [-0.2, 0) is 9.59 Å². The van der Waals surface area contributed by atoms with Crippen molar-refractivity contribution in [3.8, 4) is 10.4 Å². The van der Waals surface area contributed by atoms with E-state index in [9.17, 15) is 9.59 Å². The number of hydrogen-bond acceptors (Lipinski definition) is 4. The van der Waals surface area contributed by atoms with Gasteiger partial charge in [0, 0.05) is 26.5 Å². The van der Waals surface area contributed by atoms with Gasteiger partial charge in [-0.3, -0.25) is 9.59 Å². The molecule has 0 aliphatic heterocycles. The molecule has 3 N–H and O–H groups in total. The Bertz CT molecular complexity index is 850. The molecule has 0 aliphatic rings. The van der Waals surface area contributed by atoms with Crippen LogP contribution in [0.4, 0.5) is 11.4 Å². The lowest BCUT2D eigenvalue weighted by Gasteiger charge is -2.10. The molecule has 0 radical (unpaired) electrons. The minimum Gasteiger partial charge on any atom is -0.398 e. The van der Waals surface area contributed by atoms with E-state index >= 15 is 0 Å². The van der Waals surface area contributed by atoms with Crippen LogP contribution in [0.25, 0.3) is 20.5 Å². The van der Waals surface area contributed by atoms with Crippen LogP contribution < -0.4 is 11.1 Å². The molecule has 3 aromatic rings. The Labute approximate surface area is 131 Å². The topological polar surface area (TPSA) is 72.2 Å². The second kappa shape index (κ2) is 5.61. The third kappa shape index (κ3) is 2.58. The number of aryl methyl sites for hydroxylation is 1. The predicted molar refractivity (Wildman–Crippen MR) is 91.1 cm³/mol. The third-order valence-electron chi connectivity index (χ3n) is 3.45. The van der Waals surface area contributed by atoms with Gasteiger partial charge in [-0.05, 0) is 42.1 Å². The van der Waals surface area contributed by atoms with Gasteiger partial charge in [-0.15, -0.1) is 11.3 Å². The first-order chi connectivity index (χ1) is 10.6. The zero-order valence-corrected chi connectivity index (χ0v) is 12.7.